The Morgan fingerprint density at radius 1 is 1.26 bits per heavy atom. The summed E-state index contributed by atoms with van der Waals surface area (Å²) in [4.78, 5) is 16.3. The molecule has 1 amide bonds. The molecule has 0 fully saturated rings. The minimum absolute atomic E-state index is 0.293. The van der Waals surface area contributed by atoms with Crippen molar-refractivity contribution in [2.45, 2.75) is 32.9 Å². The number of pyridine rings is 1. The first kappa shape index (κ1) is 19.0. The molecular formula is C19H22ClN5O2. The summed E-state index contributed by atoms with van der Waals surface area (Å²) < 4.78 is 7.07. The minimum atomic E-state index is -0.597. The van der Waals surface area contributed by atoms with Crippen LogP contribution in [0.3, 0.4) is 0 Å². The topological polar surface area (TPSA) is 81.1 Å². The number of rotatable bonds is 4. The maximum Gasteiger partial charge on any atom is 0.413 e. The Bertz CT molecular complexity index is 978. The molecular weight excluding hydrogens is 366 g/mol. The van der Waals surface area contributed by atoms with Gasteiger partial charge >= 0.3 is 6.09 Å². The van der Waals surface area contributed by atoms with E-state index in [4.69, 9.17) is 16.3 Å². The third kappa shape index (κ3) is 5.10. The van der Waals surface area contributed by atoms with Crippen LogP contribution in [0.5, 0.6) is 0 Å². The number of hydrogen-bond acceptors (Lipinski definition) is 5. The Labute approximate surface area is 162 Å². The average Bonchev–Trinajstić information content (AvgIpc) is 2.91. The van der Waals surface area contributed by atoms with Gasteiger partial charge in [-0.25, -0.2) is 9.78 Å². The summed E-state index contributed by atoms with van der Waals surface area (Å²) in [7, 11) is 1.89. The highest BCUT2D eigenvalue weighted by atomic mass is 35.5. The fourth-order valence-electron chi connectivity index (χ4n) is 2.57. The number of carbonyl (C=O) groups excluding carboxylic acids is 1. The van der Waals surface area contributed by atoms with Crippen LogP contribution in [0.1, 0.15) is 26.3 Å². The van der Waals surface area contributed by atoms with E-state index in [9.17, 15) is 4.79 Å². The summed E-state index contributed by atoms with van der Waals surface area (Å²) in [5.41, 5.74) is 2.06. The van der Waals surface area contributed by atoms with Crippen LogP contribution >= 0.6 is 11.6 Å². The number of benzene rings is 1. The lowest BCUT2D eigenvalue weighted by Crippen LogP contribution is -2.28. The molecule has 0 aliphatic carbocycles. The maximum atomic E-state index is 12.1. The Hall–Kier alpha value is -2.80. The van der Waals surface area contributed by atoms with Crippen LogP contribution < -0.4 is 10.6 Å². The largest absolute Gasteiger partial charge is 0.444 e. The standard InChI is InChI=1S/C19H22ClN5O2/c1-19(2,3)27-18(26)23-17-12(5-8-16(20)22-17)10-21-14-6-7-15-13(9-14)11-25(4)24-15/h5-9,11,21H,10H2,1-4H3,(H,22,23,26). The van der Waals surface area contributed by atoms with Crippen molar-refractivity contribution in [3.63, 3.8) is 0 Å². The van der Waals surface area contributed by atoms with Crippen LogP contribution in [0.25, 0.3) is 10.9 Å². The molecule has 1 aromatic carbocycles. The number of ether oxygens (including phenoxy) is 1. The van der Waals surface area contributed by atoms with Gasteiger partial charge in [0.2, 0.25) is 0 Å². The molecule has 0 saturated heterocycles. The first-order chi connectivity index (χ1) is 12.7. The van der Waals surface area contributed by atoms with Crippen molar-refractivity contribution in [3.8, 4) is 0 Å². The first-order valence-electron chi connectivity index (χ1n) is 8.52. The van der Waals surface area contributed by atoms with E-state index in [0.717, 1.165) is 22.2 Å². The average molecular weight is 388 g/mol. The maximum absolute atomic E-state index is 12.1. The number of amides is 1. The molecule has 3 rings (SSSR count). The van der Waals surface area contributed by atoms with E-state index >= 15 is 0 Å². The normalized spacial score (nSPS) is 11.4. The summed E-state index contributed by atoms with van der Waals surface area (Å²) in [5.74, 6) is 0.367. The third-order valence-corrected chi connectivity index (χ3v) is 3.88. The van der Waals surface area contributed by atoms with Gasteiger partial charge in [-0.3, -0.25) is 10.00 Å². The summed E-state index contributed by atoms with van der Waals surface area (Å²) in [6, 6.07) is 9.44. The number of aryl methyl sites for hydroxylation is 1. The molecule has 0 spiro atoms. The van der Waals surface area contributed by atoms with Gasteiger partial charge in [-0.05, 0) is 45.0 Å². The van der Waals surface area contributed by atoms with Gasteiger partial charge in [0.25, 0.3) is 0 Å². The molecule has 0 atom stereocenters. The second kappa shape index (κ2) is 7.44. The molecule has 2 aromatic heterocycles. The lowest BCUT2D eigenvalue weighted by molar-refractivity contribution is 0.0635. The fraction of sp³-hybridized carbons (Fsp3) is 0.316. The molecule has 0 unspecified atom stereocenters. The Morgan fingerprint density at radius 3 is 2.78 bits per heavy atom. The van der Waals surface area contributed by atoms with Crippen molar-refractivity contribution in [2.24, 2.45) is 7.05 Å². The van der Waals surface area contributed by atoms with E-state index in [2.05, 4.69) is 20.7 Å². The molecule has 7 nitrogen and oxygen atoms in total. The van der Waals surface area contributed by atoms with Crippen LogP contribution in [0.15, 0.2) is 36.5 Å². The van der Waals surface area contributed by atoms with E-state index in [-0.39, 0.29) is 0 Å². The summed E-state index contributed by atoms with van der Waals surface area (Å²) in [5, 5.41) is 11.7. The summed E-state index contributed by atoms with van der Waals surface area (Å²) in [6.07, 6.45) is 1.38. The summed E-state index contributed by atoms with van der Waals surface area (Å²) >= 11 is 5.99. The zero-order valence-corrected chi connectivity index (χ0v) is 16.5. The van der Waals surface area contributed by atoms with Gasteiger partial charge in [-0.15, -0.1) is 0 Å². The Kier molecular flexibility index (Phi) is 5.23. The van der Waals surface area contributed by atoms with Gasteiger partial charge in [0.15, 0.2) is 0 Å². The molecule has 2 heterocycles. The molecule has 3 aromatic rings. The van der Waals surface area contributed by atoms with Gasteiger partial charge < -0.3 is 10.1 Å². The number of carbonyl (C=O) groups is 1. The molecule has 0 radical (unpaired) electrons. The highest BCUT2D eigenvalue weighted by Gasteiger charge is 2.18. The zero-order chi connectivity index (χ0) is 19.6. The molecule has 0 aliphatic rings. The number of aromatic nitrogens is 3. The van der Waals surface area contributed by atoms with Crippen molar-refractivity contribution in [1.82, 2.24) is 14.8 Å². The molecule has 0 aliphatic heterocycles. The van der Waals surface area contributed by atoms with Crippen LogP contribution in [-0.2, 0) is 18.3 Å². The Morgan fingerprint density at radius 2 is 2.04 bits per heavy atom. The number of hydrogen-bond donors (Lipinski definition) is 2. The van der Waals surface area contributed by atoms with Crippen LogP contribution in [0.2, 0.25) is 5.15 Å². The number of halogens is 1. The second-order valence-electron chi connectivity index (χ2n) is 7.20. The van der Waals surface area contributed by atoms with Crippen molar-refractivity contribution >= 4 is 40.1 Å². The van der Waals surface area contributed by atoms with Crippen molar-refractivity contribution in [2.75, 3.05) is 10.6 Å². The van der Waals surface area contributed by atoms with Gasteiger partial charge in [0.1, 0.15) is 16.6 Å². The smallest absolute Gasteiger partial charge is 0.413 e. The predicted octanol–water partition coefficient (Wildman–Crippen LogP) is 4.58. The van der Waals surface area contributed by atoms with E-state index in [1.165, 1.54) is 0 Å². The number of fused-ring (bicyclic) bond motifs is 1. The third-order valence-electron chi connectivity index (χ3n) is 3.67. The fourth-order valence-corrected chi connectivity index (χ4v) is 2.72. The quantitative estimate of drug-likeness (QED) is 0.640. The van der Waals surface area contributed by atoms with Crippen molar-refractivity contribution in [3.05, 3.63) is 47.2 Å². The SMILES string of the molecule is Cn1cc2cc(NCc3ccc(Cl)nc3NC(=O)OC(C)(C)C)ccc2n1. The van der Waals surface area contributed by atoms with Gasteiger partial charge in [-0.2, -0.15) is 5.10 Å². The molecule has 0 bridgehead atoms. The molecule has 142 valence electrons. The molecule has 8 heteroatoms. The lowest BCUT2D eigenvalue weighted by Gasteiger charge is -2.20. The van der Waals surface area contributed by atoms with Gasteiger partial charge in [-0.1, -0.05) is 17.7 Å². The lowest BCUT2D eigenvalue weighted by atomic mass is 10.2. The van der Waals surface area contributed by atoms with E-state index < -0.39 is 11.7 Å². The summed E-state index contributed by atoms with van der Waals surface area (Å²) in [6.45, 7) is 5.86. The van der Waals surface area contributed by atoms with E-state index in [1.807, 2.05) is 37.5 Å². The number of nitrogens with one attached hydrogen (secondary N) is 2. The second-order valence-corrected chi connectivity index (χ2v) is 7.59. The molecule has 0 saturated carbocycles. The predicted molar refractivity (Wildman–Crippen MR) is 107 cm³/mol. The zero-order valence-electron chi connectivity index (χ0n) is 15.7. The van der Waals surface area contributed by atoms with E-state index in [1.54, 1.807) is 31.5 Å². The highest BCUT2D eigenvalue weighted by molar-refractivity contribution is 6.29. The van der Waals surface area contributed by atoms with Gasteiger partial charge in [0, 0.05) is 36.4 Å². The Balaban J connectivity index is 1.74. The van der Waals surface area contributed by atoms with Crippen molar-refractivity contribution in [1.29, 1.82) is 0 Å². The van der Waals surface area contributed by atoms with Crippen LogP contribution in [0.4, 0.5) is 16.3 Å². The number of anilines is 2. The first-order valence-corrected chi connectivity index (χ1v) is 8.90. The number of nitrogens with zero attached hydrogens (tertiary/aromatic N) is 3. The highest BCUT2D eigenvalue weighted by Crippen LogP contribution is 2.22. The van der Waals surface area contributed by atoms with Crippen LogP contribution in [-0.4, -0.2) is 26.5 Å². The molecule has 2 N–H and O–H groups in total. The van der Waals surface area contributed by atoms with Gasteiger partial charge in [0.05, 0.1) is 5.52 Å². The monoisotopic (exact) mass is 387 g/mol. The van der Waals surface area contributed by atoms with Crippen molar-refractivity contribution < 1.29 is 9.53 Å². The van der Waals surface area contributed by atoms with Crippen LogP contribution in [0, 0.1) is 0 Å². The molecule has 27 heavy (non-hydrogen) atoms. The van der Waals surface area contributed by atoms with E-state index in [0.29, 0.717) is 17.5 Å². The minimum Gasteiger partial charge on any atom is -0.444 e.